The molecule has 0 aliphatic rings. The molecule has 0 fully saturated rings. The van der Waals surface area contributed by atoms with Gasteiger partial charge in [-0.15, -0.1) is 0 Å². The van der Waals surface area contributed by atoms with Gasteiger partial charge in [0.15, 0.2) is 0 Å². The second-order valence-corrected chi connectivity index (χ2v) is 5.42. The number of hydrogen-bond acceptors (Lipinski definition) is 2. The van der Waals surface area contributed by atoms with Crippen molar-refractivity contribution in [3.63, 3.8) is 0 Å². The molecular weight excluding hydrogens is 238 g/mol. The Bertz CT molecular complexity index is 427. The Balaban J connectivity index is 2.75. The van der Waals surface area contributed by atoms with Crippen LogP contribution in [0.15, 0.2) is 18.2 Å². The lowest BCUT2D eigenvalue weighted by atomic mass is 9.97. The molecule has 106 valence electrons. The van der Waals surface area contributed by atoms with Crippen LogP contribution < -0.4 is 0 Å². The Kier molecular flexibility index (Phi) is 6.03. The molecule has 0 unspecified atom stereocenters. The fourth-order valence-electron chi connectivity index (χ4n) is 1.99. The van der Waals surface area contributed by atoms with Gasteiger partial charge in [-0.2, -0.15) is 0 Å². The van der Waals surface area contributed by atoms with Crippen LogP contribution in [0, 0.1) is 6.92 Å². The van der Waals surface area contributed by atoms with Crippen LogP contribution in [0.25, 0.3) is 0 Å². The van der Waals surface area contributed by atoms with Crippen LogP contribution in [-0.4, -0.2) is 29.6 Å². The summed E-state index contributed by atoms with van der Waals surface area (Å²) >= 11 is 0. The highest BCUT2D eigenvalue weighted by atomic mass is 16.3. The SMILES string of the molecule is Cc1ccc(C(C)C)cc1CN(C)C(=O)CCCO. The van der Waals surface area contributed by atoms with Crippen molar-refractivity contribution < 1.29 is 9.90 Å². The number of aliphatic hydroxyl groups is 1. The van der Waals surface area contributed by atoms with Gasteiger partial charge < -0.3 is 10.0 Å². The molecule has 0 aliphatic carbocycles. The molecule has 0 atom stereocenters. The number of amides is 1. The summed E-state index contributed by atoms with van der Waals surface area (Å²) in [4.78, 5) is 13.6. The van der Waals surface area contributed by atoms with Crippen molar-refractivity contribution in [2.75, 3.05) is 13.7 Å². The van der Waals surface area contributed by atoms with Crippen molar-refractivity contribution >= 4 is 5.91 Å². The van der Waals surface area contributed by atoms with Gasteiger partial charge in [-0.3, -0.25) is 4.79 Å². The zero-order chi connectivity index (χ0) is 14.4. The second kappa shape index (κ2) is 7.29. The Morgan fingerprint density at radius 3 is 2.63 bits per heavy atom. The van der Waals surface area contributed by atoms with Crippen LogP contribution >= 0.6 is 0 Å². The van der Waals surface area contributed by atoms with Gasteiger partial charge in [0, 0.05) is 26.6 Å². The van der Waals surface area contributed by atoms with Crippen molar-refractivity contribution in [2.45, 2.75) is 46.1 Å². The first kappa shape index (κ1) is 15.7. The highest BCUT2D eigenvalue weighted by Gasteiger charge is 2.11. The predicted octanol–water partition coefficient (Wildman–Crippen LogP) is 2.85. The molecule has 0 spiro atoms. The molecule has 19 heavy (non-hydrogen) atoms. The van der Waals surface area contributed by atoms with E-state index >= 15 is 0 Å². The van der Waals surface area contributed by atoms with Crippen molar-refractivity contribution in [2.24, 2.45) is 0 Å². The zero-order valence-corrected chi connectivity index (χ0v) is 12.4. The third kappa shape index (κ3) is 4.67. The predicted molar refractivity (Wildman–Crippen MR) is 78.1 cm³/mol. The maximum absolute atomic E-state index is 11.9. The lowest BCUT2D eigenvalue weighted by molar-refractivity contribution is -0.130. The maximum Gasteiger partial charge on any atom is 0.222 e. The Morgan fingerprint density at radius 1 is 1.37 bits per heavy atom. The Hall–Kier alpha value is -1.35. The fraction of sp³-hybridized carbons (Fsp3) is 0.562. The summed E-state index contributed by atoms with van der Waals surface area (Å²) in [5.41, 5.74) is 3.72. The van der Waals surface area contributed by atoms with Gasteiger partial charge in [-0.05, 0) is 36.0 Å². The molecule has 1 N–H and O–H groups in total. The third-order valence-electron chi connectivity index (χ3n) is 3.42. The van der Waals surface area contributed by atoms with Crippen molar-refractivity contribution in [1.29, 1.82) is 0 Å². The number of benzene rings is 1. The van der Waals surface area contributed by atoms with E-state index in [2.05, 4.69) is 39.0 Å². The van der Waals surface area contributed by atoms with E-state index in [9.17, 15) is 4.79 Å². The van der Waals surface area contributed by atoms with Crippen LogP contribution in [0.2, 0.25) is 0 Å². The molecule has 1 amide bonds. The van der Waals surface area contributed by atoms with Crippen LogP contribution in [0.5, 0.6) is 0 Å². The molecule has 1 aromatic carbocycles. The topological polar surface area (TPSA) is 40.5 Å². The number of carbonyl (C=O) groups is 1. The smallest absolute Gasteiger partial charge is 0.222 e. The number of rotatable bonds is 6. The first-order valence-corrected chi connectivity index (χ1v) is 6.90. The second-order valence-electron chi connectivity index (χ2n) is 5.42. The van der Waals surface area contributed by atoms with Crippen LogP contribution in [0.3, 0.4) is 0 Å². The summed E-state index contributed by atoms with van der Waals surface area (Å²) in [6, 6.07) is 6.46. The van der Waals surface area contributed by atoms with Gasteiger partial charge in [0.2, 0.25) is 5.91 Å². The number of hydrogen-bond donors (Lipinski definition) is 1. The van der Waals surface area contributed by atoms with E-state index in [0.717, 1.165) is 0 Å². The summed E-state index contributed by atoms with van der Waals surface area (Å²) < 4.78 is 0. The molecule has 3 heteroatoms. The minimum Gasteiger partial charge on any atom is -0.396 e. The molecule has 0 saturated carbocycles. The monoisotopic (exact) mass is 263 g/mol. The van der Waals surface area contributed by atoms with Crippen LogP contribution in [0.1, 0.15) is 49.3 Å². The number of aliphatic hydroxyl groups excluding tert-OH is 1. The van der Waals surface area contributed by atoms with E-state index in [0.29, 0.717) is 25.3 Å². The van der Waals surface area contributed by atoms with E-state index in [1.165, 1.54) is 16.7 Å². The largest absolute Gasteiger partial charge is 0.396 e. The van der Waals surface area contributed by atoms with Crippen molar-refractivity contribution in [3.05, 3.63) is 34.9 Å². The van der Waals surface area contributed by atoms with E-state index < -0.39 is 0 Å². The molecule has 0 aromatic heterocycles. The molecule has 0 bridgehead atoms. The number of aryl methyl sites for hydroxylation is 1. The average Bonchev–Trinajstić information content (AvgIpc) is 2.38. The number of carbonyl (C=O) groups excluding carboxylic acids is 1. The van der Waals surface area contributed by atoms with Gasteiger partial charge in [0.25, 0.3) is 0 Å². The minimum absolute atomic E-state index is 0.0709. The zero-order valence-electron chi connectivity index (χ0n) is 12.4. The highest BCUT2D eigenvalue weighted by Crippen LogP contribution is 2.19. The minimum atomic E-state index is 0.0709. The quantitative estimate of drug-likeness (QED) is 0.857. The molecular formula is C16H25NO2. The first-order chi connectivity index (χ1) is 8.95. The van der Waals surface area contributed by atoms with Crippen LogP contribution in [-0.2, 0) is 11.3 Å². The lowest BCUT2D eigenvalue weighted by Crippen LogP contribution is -2.26. The summed E-state index contributed by atoms with van der Waals surface area (Å²) in [6.07, 6.45) is 0.949. The van der Waals surface area contributed by atoms with Gasteiger partial charge >= 0.3 is 0 Å². The van der Waals surface area contributed by atoms with Gasteiger partial charge in [-0.25, -0.2) is 0 Å². The normalized spacial score (nSPS) is 10.8. The molecule has 1 rings (SSSR count). The third-order valence-corrected chi connectivity index (χ3v) is 3.42. The number of nitrogens with zero attached hydrogens (tertiary/aromatic N) is 1. The molecule has 0 heterocycles. The van der Waals surface area contributed by atoms with E-state index in [-0.39, 0.29) is 12.5 Å². The molecule has 1 aromatic rings. The lowest BCUT2D eigenvalue weighted by Gasteiger charge is -2.19. The fourth-order valence-corrected chi connectivity index (χ4v) is 1.99. The molecule has 0 radical (unpaired) electrons. The summed E-state index contributed by atoms with van der Waals surface area (Å²) in [7, 11) is 1.82. The molecule has 0 aliphatic heterocycles. The van der Waals surface area contributed by atoms with Gasteiger partial charge in [-0.1, -0.05) is 32.0 Å². The molecule has 0 saturated heterocycles. The van der Waals surface area contributed by atoms with E-state index in [1.807, 2.05) is 7.05 Å². The molecule has 3 nitrogen and oxygen atoms in total. The van der Waals surface area contributed by atoms with Gasteiger partial charge in [0.1, 0.15) is 0 Å². The van der Waals surface area contributed by atoms with Gasteiger partial charge in [0.05, 0.1) is 0 Å². The Labute approximate surface area is 116 Å². The standard InChI is InChI=1S/C16H25NO2/c1-12(2)14-8-7-13(3)15(10-14)11-17(4)16(19)6-5-9-18/h7-8,10,12,18H,5-6,9,11H2,1-4H3. The van der Waals surface area contributed by atoms with Crippen LogP contribution in [0.4, 0.5) is 0 Å². The van der Waals surface area contributed by atoms with Crippen molar-refractivity contribution in [3.8, 4) is 0 Å². The average molecular weight is 263 g/mol. The summed E-state index contributed by atoms with van der Waals surface area (Å²) in [6.45, 7) is 7.12. The summed E-state index contributed by atoms with van der Waals surface area (Å²) in [5.74, 6) is 0.582. The summed E-state index contributed by atoms with van der Waals surface area (Å²) in [5, 5.41) is 8.76. The highest BCUT2D eigenvalue weighted by molar-refractivity contribution is 5.75. The van der Waals surface area contributed by atoms with Crippen molar-refractivity contribution in [1.82, 2.24) is 4.90 Å². The Morgan fingerprint density at radius 2 is 2.05 bits per heavy atom. The van der Waals surface area contributed by atoms with E-state index in [1.54, 1.807) is 4.90 Å². The first-order valence-electron chi connectivity index (χ1n) is 6.90. The van der Waals surface area contributed by atoms with E-state index in [4.69, 9.17) is 5.11 Å². The maximum atomic E-state index is 11.9.